The third-order valence-corrected chi connectivity index (χ3v) is 5.33. The minimum Gasteiger partial charge on any atom is -0.325 e. The predicted octanol–water partition coefficient (Wildman–Crippen LogP) is 4.44. The minimum absolute atomic E-state index is 0.00703. The highest BCUT2D eigenvalue weighted by atomic mass is 35.5. The summed E-state index contributed by atoms with van der Waals surface area (Å²) in [5.74, 6) is 1.68. The molecule has 2 atom stereocenters. The summed E-state index contributed by atoms with van der Waals surface area (Å²) in [5.41, 5.74) is 0.662. The second-order valence-corrected chi connectivity index (χ2v) is 7.41. The number of piperidine rings is 1. The molecule has 1 heterocycles. The first-order chi connectivity index (χ1) is 10.6. The number of rotatable bonds is 3. The van der Waals surface area contributed by atoms with Crippen LogP contribution in [0.4, 0.5) is 5.69 Å². The van der Waals surface area contributed by atoms with Gasteiger partial charge in [-0.2, -0.15) is 0 Å². The van der Waals surface area contributed by atoms with Crippen LogP contribution in [-0.2, 0) is 4.79 Å². The largest absolute Gasteiger partial charge is 0.325 e. The van der Waals surface area contributed by atoms with Crippen LogP contribution in [0.2, 0.25) is 10.0 Å². The maximum absolute atomic E-state index is 12.2. The van der Waals surface area contributed by atoms with Gasteiger partial charge in [-0.1, -0.05) is 42.5 Å². The van der Waals surface area contributed by atoms with Crippen molar-refractivity contribution >= 4 is 34.8 Å². The van der Waals surface area contributed by atoms with Crippen LogP contribution in [0.3, 0.4) is 0 Å². The third-order valence-electron chi connectivity index (χ3n) is 4.89. The summed E-state index contributed by atoms with van der Waals surface area (Å²) in [7, 11) is 0. The standard InChI is InChI=1S/C17H22Cl2N2O/c18-14-7-15(19)9-16(8-14)20-17(22)11-21-6-5-12-3-1-2-4-13(12)10-21/h7-9,12-13H,1-6,10-11H2,(H,20,22)/t12-,13-/m1/s1. The van der Waals surface area contributed by atoms with Crippen LogP contribution >= 0.6 is 23.2 Å². The molecule has 1 saturated carbocycles. The molecule has 0 unspecified atom stereocenters. The zero-order valence-corrected chi connectivity index (χ0v) is 14.2. The van der Waals surface area contributed by atoms with Crippen LogP contribution < -0.4 is 5.32 Å². The molecule has 2 fully saturated rings. The maximum atomic E-state index is 12.2. The SMILES string of the molecule is O=C(CN1CC[C@H]2CCCC[C@@H]2C1)Nc1cc(Cl)cc(Cl)c1. The van der Waals surface area contributed by atoms with Crippen molar-refractivity contribution < 1.29 is 4.79 Å². The van der Waals surface area contributed by atoms with Crippen molar-refractivity contribution in [2.75, 3.05) is 25.0 Å². The molecule has 1 N–H and O–H groups in total. The molecule has 1 aromatic carbocycles. The van der Waals surface area contributed by atoms with E-state index in [1.54, 1.807) is 18.2 Å². The van der Waals surface area contributed by atoms with Gasteiger partial charge in [0.15, 0.2) is 0 Å². The summed E-state index contributed by atoms with van der Waals surface area (Å²) in [6, 6.07) is 5.10. The van der Waals surface area contributed by atoms with Crippen molar-refractivity contribution in [1.82, 2.24) is 4.90 Å². The summed E-state index contributed by atoms with van der Waals surface area (Å²) < 4.78 is 0. The number of fused-ring (bicyclic) bond motifs is 1. The van der Waals surface area contributed by atoms with Gasteiger partial charge in [0.1, 0.15) is 0 Å². The van der Waals surface area contributed by atoms with Gasteiger partial charge < -0.3 is 5.32 Å². The highest BCUT2D eigenvalue weighted by molar-refractivity contribution is 6.35. The van der Waals surface area contributed by atoms with Gasteiger partial charge in [-0.3, -0.25) is 9.69 Å². The molecule has 1 aliphatic heterocycles. The normalized spacial score (nSPS) is 25.5. The van der Waals surface area contributed by atoms with Gasteiger partial charge >= 0.3 is 0 Å². The van der Waals surface area contributed by atoms with Crippen LogP contribution in [0.15, 0.2) is 18.2 Å². The van der Waals surface area contributed by atoms with E-state index in [4.69, 9.17) is 23.2 Å². The Morgan fingerprint density at radius 2 is 1.77 bits per heavy atom. The van der Waals surface area contributed by atoms with Crippen molar-refractivity contribution in [3.63, 3.8) is 0 Å². The minimum atomic E-state index is 0.00703. The molecule has 0 aromatic heterocycles. The summed E-state index contributed by atoms with van der Waals surface area (Å²) in [6.45, 7) is 2.55. The molecule has 1 saturated heterocycles. The summed E-state index contributed by atoms with van der Waals surface area (Å²) in [4.78, 5) is 14.5. The van der Waals surface area contributed by atoms with E-state index >= 15 is 0 Å². The van der Waals surface area contributed by atoms with E-state index in [-0.39, 0.29) is 5.91 Å². The molecule has 22 heavy (non-hydrogen) atoms. The second kappa shape index (κ2) is 7.20. The Kier molecular flexibility index (Phi) is 5.27. The van der Waals surface area contributed by atoms with Gasteiger partial charge in [-0.05, 0) is 49.4 Å². The van der Waals surface area contributed by atoms with Gasteiger partial charge in [-0.15, -0.1) is 0 Å². The van der Waals surface area contributed by atoms with Crippen LogP contribution in [0.1, 0.15) is 32.1 Å². The Morgan fingerprint density at radius 1 is 1.09 bits per heavy atom. The first-order valence-corrected chi connectivity index (χ1v) is 8.84. The lowest BCUT2D eigenvalue weighted by atomic mass is 9.75. The fraction of sp³-hybridized carbons (Fsp3) is 0.588. The number of carbonyl (C=O) groups excluding carboxylic acids is 1. The van der Waals surface area contributed by atoms with Gasteiger partial charge in [0, 0.05) is 22.3 Å². The smallest absolute Gasteiger partial charge is 0.238 e. The lowest BCUT2D eigenvalue weighted by Crippen LogP contribution is -2.44. The van der Waals surface area contributed by atoms with Crippen LogP contribution in [-0.4, -0.2) is 30.4 Å². The van der Waals surface area contributed by atoms with Crippen molar-refractivity contribution in [1.29, 1.82) is 0 Å². The van der Waals surface area contributed by atoms with Crippen molar-refractivity contribution in [3.8, 4) is 0 Å². The van der Waals surface area contributed by atoms with E-state index in [0.717, 1.165) is 24.9 Å². The molecule has 0 spiro atoms. The Balaban J connectivity index is 1.53. The number of amides is 1. The highest BCUT2D eigenvalue weighted by Crippen LogP contribution is 2.35. The first-order valence-electron chi connectivity index (χ1n) is 8.08. The number of halogens is 2. The quantitative estimate of drug-likeness (QED) is 0.881. The van der Waals surface area contributed by atoms with Gasteiger partial charge in [0.05, 0.1) is 6.54 Å². The van der Waals surface area contributed by atoms with E-state index in [1.807, 2.05) is 0 Å². The van der Waals surface area contributed by atoms with Gasteiger partial charge in [0.2, 0.25) is 5.91 Å². The predicted molar refractivity (Wildman–Crippen MR) is 91.6 cm³/mol. The number of nitrogens with one attached hydrogen (secondary N) is 1. The molecule has 120 valence electrons. The fourth-order valence-electron chi connectivity index (χ4n) is 3.85. The molecule has 0 radical (unpaired) electrons. The first kappa shape index (κ1) is 16.1. The second-order valence-electron chi connectivity index (χ2n) is 6.53. The highest BCUT2D eigenvalue weighted by Gasteiger charge is 2.31. The summed E-state index contributed by atoms with van der Waals surface area (Å²) in [6.07, 6.45) is 6.68. The average molecular weight is 341 g/mol. The molecule has 2 aliphatic rings. The van der Waals surface area contributed by atoms with E-state index in [0.29, 0.717) is 22.3 Å². The van der Waals surface area contributed by atoms with Gasteiger partial charge in [-0.25, -0.2) is 0 Å². The Labute approximate surface area is 142 Å². The summed E-state index contributed by atoms with van der Waals surface area (Å²) >= 11 is 11.9. The Hall–Kier alpha value is -0.770. The number of nitrogens with zero attached hydrogens (tertiary/aromatic N) is 1. The van der Waals surface area contributed by atoms with Crippen LogP contribution in [0.5, 0.6) is 0 Å². The van der Waals surface area contributed by atoms with E-state index < -0.39 is 0 Å². The average Bonchev–Trinajstić information content (AvgIpc) is 2.45. The number of hydrogen-bond acceptors (Lipinski definition) is 2. The number of hydrogen-bond donors (Lipinski definition) is 1. The fourth-order valence-corrected chi connectivity index (χ4v) is 4.38. The molecule has 1 aromatic rings. The topological polar surface area (TPSA) is 32.3 Å². The molecular weight excluding hydrogens is 319 g/mol. The molecule has 1 amide bonds. The molecular formula is C17H22Cl2N2O. The lowest BCUT2D eigenvalue weighted by Gasteiger charge is -2.41. The van der Waals surface area contributed by atoms with Crippen molar-refractivity contribution in [3.05, 3.63) is 28.2 Å². The molecule has 5 heteroatoms. The zero-order chi connectivity index (χ0) is 15.5. The summed E-state index contributed by atoms with van der Waals surface area (Å²) in [5, 5.41) is 3.96. The van der Waals surface area contributed by atoms with Crippen LogP contribution in [0, 0.1) is 11.8 Å². The maximum Gasteiger partial charge on any atom is 0.238 e. The molecule has 3 rings (SSSR count). The Morgan fingerprint density at radius 3 is 2.50 bits per heavy atom. The number of benzene rings is 1. The van der Waals surface area contributed by atoms with E-state index in [1.165, 1.54) is 32.1 Å². The molecule has 0 bridgehead atoms. The van der Waals surface area contributed by atoms with Gasteiger partial charge in [0.25, 0.3) is 0 Å². The van der Waals surface area contributed by atoms with E-state index in [2.05, 4.69) is 10.2 Å². The third kappa shape index (κ3) is 4.15. The number of carbonyl (C=O) groups is 1. The molecule has 3 nitrogen and oxygen atoms in total. The monoisotopic (exact) mass is 340 g/mol. The van der Waals surface area contributed by atoms with E-state index in [9.17, 15) is 4.79 Å². The number of likely N-dealkylation sites (tertiary alicyclic amines) is 1. The van der Waals surface area contributed by atoms with Crippen molar-refractivity contribution in [2.45, 2.75) is 32.1 Å². The zero-order valence-electron chi connectivity index (χ0n) is 12.7. The van der Waals surface area contributed by atoms with Crippen LogP contribution in [0.25, 0.3) is 0 Å². The number of anilines is 1. The van der Waals surface area contributed by atoms with Crippen molar-refractivity contribution in [2.24, 2.45) is 11.8 Å². The molecule has 1 aliphatic carbocycles. The lowest BCUT2D eigenvalue weighted by molar-refractivity contribution is -0.118. The Bertz CT molecular complexity index is 529.